The zero-order chi connectivity index (χ0) is 17.7. The molecule has 0 unspecified atom stereocenters. The number of ether oxygens (including phenoxy) is 3. The van der Waals surface area contributed by atoms with Crippen LogP contribution in [0.4, 0.5) is 5.69 Å². The Morgan fingerprint density at radius 3 is 2.54 bits per heavy atom. The SMILES string of the molecule is C=CC(=O)Nc1ccc(O[C@H]2O[C@H](CO)[C@@H](O)[C@H](O)[C@H]2OC)cc1. The van der Waals surface area contributed by atoms with Crippen molar-refractivity contribution in [1.29, 1.82) is 0 Å². The summed E-state index contributed by atoms with van der Waals surface area (Å²) in [5, 5.41) is 31.7. The number of nitrogens with one attached hydrogen (secondary N) is 1. The van der Waals surface area contributed by atoms with E-state index in [0.717, 1.165) is 6.08 Å². The van der Waals surface area contributed by atoms with Crippen LogP contribution in [0.5, 0.6) is 5.75 Å². The van der Waals surface area contributed by atoms with Crippen LogP contribution in [-0.4, -0.2) is 65.6 Å². The van der Waals surface area contributed by atoms with Gasteiger partial charge in [0, 0.05) is 12.8 Å². The molecule has 4 N–H and O–H groups in total. The van der Waals surface area contributed by atoms with Crippen LogP contribution < -0.4 is 10.1 Å². The number of carbonyl (C=O) groups excluding carboxylic acids is 1. The van der Waals surface area contributed by atoms with Gasteiger partial charge in [-0.2, -0.15) is 0 Å². The van der Waals surface area contributed by atoms with E-state index >= 15 is 0 Å². The van der Waals surface area contributed by atoms with Crippen molar-refractivity contribution in [3.05, 3.63) is 36.9 Å². The lowest BCUT2D eigenvalue weighted by molar-refractivity contribution is -0.282. The lowest BCUT2D eigenvalue weighted by atomic mass is 9.99. The molecule has 0 aromatic heterocycles. The molecule has 1 heterocycles. The number of rotatable bonds is 6. The predicted molar refractivity (Wildman–Crippen MR) is 84.5 cm³/mol. The fourth-order valence-electron chi connectivity index (χ4n) is 2.35. The van der Waals surface area contributed by atoms with Crippen molar-refractivity contribution in [2.24, 2.45) is 0 Å². The van der Waals surface area contributed by atoms with Crippen molar-refractivity contribution >= 4 is 11.6 Å². The van der Waals surface area contributed by atoms with E-state index in [1.165, 1.54) is 7.11 Å². The highest BCUT2D eigenvalue weighted by molar-refractivity contribution is 5.98. The monoisotopic (exact) mass is 339 g/mol. The van der Waals surface area contributed by atoms with Gasteiger partial charge in [0.05, 0.1) is 6.61 Å². The second-order valence-corrected chi connectivity index (χ2v) is 5.24. The summed E-state index contributed by atoms with van der Waals surface area (Å²) >= 11 is 0. The molecule has 5 atom stereocenters. The molecule has 1 aliphatic rings. The zero-order valence-corrected chi connectivity index (χ0v) is 13.2. The van der Waals surface area contributed by atoms with Crippen LogP contribution >= 0.6 is 0 Å². The number of carbonyl (C=O) groups is 1. The first kappa shape index (κ1) is 18.4. The van der Waals surface area contributed by atoms with Crippen molar-refractivity contribution in [3.8, 4) is 5.75 Å². The summed E-state index contributed by atoms with van der Waals surface area (Å²) in [6.45, 7) is 2.89. The van der Waals surface area contributed by atoms with Gasteiger partial charge >= 0.3 is 0 Å². The minimum absolute atomic E-state index is 0.332. The Balaban J connectivity index is 2.07. The molecule has 24 heavy (non-hydrogen) atoms. The van der Waals surface area contributed by atoms with Gasteiger partial charge in [-0.15, -0.1) is 0 Å². The van der Waals surface area contributed by atoms with Crippen molar-refractivity contribution in [2.75, 3.05) is 19.0 Å². The van der Waals surface area contributed by atoms with Gasteiger partial charge < -0.3 is 34.8 Å². The zero-order valence-electron chi connectivity index (χ0n) is 13.2. The van der Waals surface area contributed by atoms with Crippen LogP contribution in [0.25, 0.3) is 0 Å². The summed E-state index contributed by atoms with van der Waals surface area (Å²) < 4.78 is 16.2. The van der Waals surface area contributed by atoms with Crippen molar-refractivity contribution < 1.29 is 34.3 Å². The molecule has 0 saturated carbocycles. The second kappa shape index (κ2) is 8.22. The van der Waals surface area contributed by atoms with Crippen LogP contribution in [0.1, 0.15) is 0 Å². The Labute approximate surface area is 139 Å². The van der Waals surface area contributed by atoms with E-state index in [1.807, 2.05) is 0 Å². The Hall–Kier alpha value is -1.97. The molecule has 1 aromatic carbocycles. The highest BCUT2D eigenvalue weighted by Crippen LogP contribution is 2.26. The molecule has 8 nitrogen and oxygen atoms in total. The lowest BCUT2D eigenvalue weighted by Gasteiger charge is -2.41. The molecule has 1 aromatic rings. The van der Waals surface area contributed by atoms with E-state index in [9.17, 15) is 20.1 Å². The average Bonchev–Trinajstić information content (AvgIpc) is 2.59. The quantitative estimate of drug-likeness (QED) is 0.523. The van der Waals surface area contributed by atoms with Gasteiger partial charge in [-0.1, -0.05) is 6.58 Å². The largest absolute Gasteiger partial charge is 0.462 e. The molecule has 1 aliphatic heterocycles. The molecular weight excluding hydrogens is 318 g/mol. The van der Waals surface area contributed by atoms with Gasteiger partial charge in [0.2, 0.25) is 12.2 Å². The molecule has 1 fully saturated rings. The molecule has 0 spiro atoms. The van der Waals surface area contributed by atoms with E-state index in [2.05, 4.69) is 11.9 Å². The summed E-state index contributed by atoms with van der Waals surface area (Å²) in [7, 11) is 1.35. The number of hydrogen-bond acceptors (Lipinski definition) is 7. The van der Waals surface area contributed by atoms with E-state index in [0.29, 0.717) is 11.4 Å². The molecule has 8 heteroatoms. The molecule has 132 valence electrons. The first-order chi connectivity index (χ1) is 11.5. The number of amides is 1. The highest BCUT2D eigenvalue weighted by Gasteiger charge is 2.45. The van der Waals surface area contributed by atoms with Crippen molar-refractivity contribution in [1.82, 2.24) is 0 Å². The third-order valence-electron chi connectivity index (χ3n) is 3.66. The molecule has 0 bridgehead atoms. The van der Waals surface area contributed by atoms with Crippen LogP contribution in [-0.2, 0) is 14.3 Å². The number of hydrogen-bond donors (Lipinski definition) is 4. The Morgan fingerprint density at radius 1 is 1.33 bits per heavy atom. The summed E-state index contributed by atoms with van der Waals surface area (Å²) in [5.74, 6) is 0.0700. The average molecular weight is 339 g/mol. The minimum atomic E-state index is -1.28. The van der Waals surface area contributed by atoms with Crippen LogP contribution in [0.15, 0.2) is 36.9 Å². The topological polar surface area (TPSA) is 117 Å². The van der Waals surface area contributed by atoms with E-state index in [4.69, 9.17) is 14.2 Å². The fraction of sp³-hybridized carbons (Fsp3) is 0.438. The Bertz CT molecular complexity index is 562. The maximum atomic E-state index is 11.2. The molecule has 2 rings (SSSR count). The minimum Gasteiger partial charge on any atom is -0.462 e. The Kier molecular flexibility index (Phi) is 6.29. The smallest absolute Gasteiger partial charge is 0.247 e. The van der Waals surface area contributed by atoms with Gasteiger partial charge in [-0.3, -0.25) is 4.79 Å². The normalized spacial score (nSPS) is 29.8. The molecule has 1 saturated heterocycles. The van der Waals surface area contributed by atoms with Crippen molar-refractivity contribution in [2.45, 2.75) is 30.7 Å². The number of anilines is 1. The van der Waals surface area contributed by atoms with E-state index in [1.54, 1.807) is 24.3 Å². The third kappa shape index (κ3) is 4.11. The molecule has 1 amide bonds. The van der Waals surface area contributed by atoms with E-state index < -0.39 is 37.3 Å². The molecule has 0 aliphatic carbocycles. The van der Waals surface area contributed by atoms with Crippen LogP contribution in [0, 0.1) is 0 Å². The van der Waals surface area contributed by atoms with Gasteiger partial charge in [0.15, 0.2) is 0 Å². The third-order valence-corrected chi connectivity index (χ3v) is 3.66. The maximum Gasteiger partial charge on any atom is 0.247 e. The summed E-state index contributed by atoms with van der Waals surface area (Å²) in [4.78, 5) is 11.2. The standard InChI is InChI=1S/C16H21NO7/c1-3-12(19)17-9-4-6-10(7-5-9)23-16-15(22-2)14(21)13(20)11(8-18)24-16/h3-7,11,13-16,18,20-21H,1,8H2,2H3,(H,17,19)/t11-,13-,14+,15-,16+/m1/s1. The first-order valence-corrected chi connectivity index (χ1v) is 7.35. The lowest BCUT2D eigenvalue weighted by Crippen LogP contribution is -2.60. The molecular formula is C16H21NO7. The summed E-state index contributed by atoms with van der Waals surface area (Å²) in [6.07, 6.45) is -4.32. The number of aliphatic hydroxyl groups is 3. The number of methoxy groups -OCH3 is 1. The number of aliphatic hydroxyl groups excluding tert-OH is 3. The summed E-state index contributed by atoms with van der Waals surface area (Å²) in [5.41, 5.74) is 0.559. The molecule has 0 radical (unpaired) electrons. The second-order valence-electron chi connectivity index (χ2n) is 5.24. The summed E-state index contributed by atoms with van der Waals surface area (Å²) in [6, 6.07) is 6.44. The van der Waals surface area contributed by atoms with Gasteiger partial charge in [-0.25, -0.2) is 0 Å². The van der Waals surface area contributed by atoms with E-state index in [-0.39, 0.29) is 5.91 Å². The van der Waals surface area contributed by atoms with Crippen molar-refractivity contribution in [3.63, 3.8) is 0 Å². The Morgan fingerprint density at radius 2 is 2.00 bits per heavy atom. The number of benzene rings is 1. The van der Waals surface area contributed by atoms with Crippen LogP contribution in [0.2, 0.25) is 0 Å². The van der Waals surface area contributed by atoms with Crippen LogP contribution in [0.3, 0.4) is 0 Å². The first-order valence-electron chi connectivity index (χ1n) is 7.35. The maximum absolute atomic E-state index is 11.2. The highest BCUT2D eigenvalue weighted by atomic mass is 16.7. The van der Waals surface area contributed by atoms with Gasteiger partial charge in [0.1, 0.15) is 30.2 Å². The fourth-order valence-corrected chi connectivity index (χ4v) is 2.35. The van der Waals surface area contributed by atoms with Gasteiger partial charge in [-0.05, 0) is 30.3 Å². The predicted octanol–water partition coefficient (Wildman–Crippen LogP) is -0.356. The van der Waals surface area contributed by atoms with Gasteiger partial charge in [0.25, 0.3) is 0 Å².